The SMILES string of the molecule is C=CCO[C@@]12Oc3ccc(OC(=O)NCCCCCCCCCCCC)cc3[C@H]3[C@H](CCCCO)[C@@H](CCCCO)C=C(C(=NOCc4ccccc4)C[C@@H]1N(CCC)C(=O)OCCCCCCCCCCCC)[C@H]32. The van der Waals surface area contributed by atoms with Crippen molar-refractivity contribution in [1.29, 1.82) is 0 Å². The molecule has 2 aliphatic carbocycles. The van der Waals surface area contributed by atoms with E-state index in [2.05, 4.69) is 38.7 Å². The molecule has 0 radical (unpaired) electrons. The summed E-state index contributed by atoms with van der Waals surface area (Å²) in [5.41, 5.74) is 3.54. The molecule has 0 spiro atoms. The van der Waals surface area contributed by atoms with Gasteiger partial charge in [0.25, 0.3) is 0 Å². The van der Waals surface area contributed by atoms with E-state index in [0.717, 1.165) is 86.6 Å². The molecule has 0 aromatic heterocycles. The van der Waals surface area contributed by atoms with Crippen LogP contribution in [0.5, 0.6) is 11.5 Å². The zero-order chi connectivity index (χ0) is 53.4. The molecular weight excluding hydrogens is 943 g/mol. The predicted molar refractivity (Wildman–Crippen MR) is 302 cm³/mol. The third-order valence-corrected chi connectivity index (χ3v) is 15.7. The summed E-state index contributed by atoms with van der Waals surface area (Å²) in [5.74, 6) is -1.09. The van der Waals surface area contributed by atoms with Gasteiger partial charge in [-0.25, -0.2) is 9.59 Å². The number of benzene rings is 2. The van der Waals surface area contributed by atoms with E-state index in [1.54, 1.807) is 12.1 Å². The van der Waals surface area contributed by atoms with E-state index in [-0.39, 0.29) is 50.6 Å². The average Bonchev–Trinajstić information content (AvgIpc) is 3.42. The Balaban J connectivity index is 1.49. The first-order valence-corrected chi connectivity index (χ1v) is 30.0. The highest BCUT2D eigenvalue weighted by Gasteiger charge is 2.65. The summed E-state index contributed by atoms with van der Waals surface area (Å²) >= 11 is 0. The van der Waals surface area contributed by atoms with Crippen LogP contribution in [0.2, 0.25) is 0 Å². The quantitative estimate of drug-likeness (QED) is 0.0337. The van der Waals surface area contributed by atoms with E-state index in [1.807, 2.05) is 47.4 Å². The molecule has 1 heterocycles. The van der Waals surface area contributed by atoms with Gasteiger partial charge in [0.2, 0.25) is 5.79 Å². The van der Waals surface area contributed by atoms with Gasteiger partial charge < -0.3 is 39.3 Å². The lowest BCUT2D eigenvalue weighted by atomic mass is 9.55. The Morgan fingerprint density at radius 2 is 1.40 bits per heavy atom. The van der Waals surface area contributed by atoms with Crippen molar-refractivity contribution in [2.45, 2.75) is 225 Å². The maximum atomic E-state index is 14.7. The summed E-state index contributed by atoms with van der Waals surface area (Å²) < 4.78 is 26.8. The molecule has 0 saturated heterocycles. The average molecular weight is 1040 g/mol. The predicted octanol–water partition coefficient (Wildman–Crippen LogP) is 15.3. The van der Waals surface area contributed by atoms with Crippen LogP contribution in [0.4, 0.5) is 9.59 Å². The number of nitrogens with one attached hydrogen (secondary N) is 1. The number of hydrogen-bond acceptors (Lipinski definition) is 10. The molecule has 3 N–H and O–H groups in total. The number of oxime groups is 1. The van der Waals surface area contributed by atoms with Crippen LogP contribution in [0.15, 0.2) is 78.0 Å². The smallest absolute Gasteiger partial charge is 0.412 e. The first-order chi connectivity index (χ1) is 36.8. The molecule has 1 saturated carbocycles. The monoisotopic (exact) mass is 1040 g/mol. The molecule has 12 heteroatoms. The van der Waals surface area contributed by atoms with E-state index in [9.17, 15) is 19.8 Å². The summed E-state index contributed by atoms with van der Waals surface area (Å²) in [6, 6.07) is 14.9. The number of carbonyl (C=O) groups excluding carboxylic acids is 2. The number of carbonyl (C=O) groups is 2. The Morgan fingerprint density at radius 3 is 2.03 bits per heavy atom. The van der Waals surface area contributed by atoms with Crippen LogP contribution >= 0.6 is 0 Å². The molecule has 12 nitrogen and oxygen atoms in total. The minimum absolute atomic E-state index is 0.0203. The molecule has 420 valence electrons. The van der Waals surface area contributed by atoms with Gasteiger partial charge in [0, 0.05) is 44.2 Å². The maximum absolute atomic E-state index is 14.7. The lowest BCUT2D eigenvalue weighted by molar-refractivity contribution is -0.255. The van der Waals surface area contributed by atoms with Gasteiger partial charge in [0.05, 0.1) is 24.8 Å². The Hall–Kier alpha value is -4.39. The third-order valence-electron chi connectivity index (χ3n) is 15.7. The van der Waals surface area contributed by atoms with Gasteiger partial charge in [-0.2, -0.15) is 0 Å². The summed E-state index contributed by atoms with van der Waals surface area (Å²) in [4.78, 5) is 36.3. The molecule has 6 atom stereocenters. The number of amides is 2. The zero-order valence-corrected chi connectivity index (χ0v) is 46.8. The normalized spacial score (nSPS) is 21.1. The lowest BCUT2D eigenvalue weighted by Gasteiger charge is -2.59. The van der Waals surface area contributed by atoms with Gasteiger partial charge in [-0.05, 0) is 86.1 Å². The van der Waals surface area contributed by atoms with Crippen molar-refractivity contribution in [1.82, 2.24) is 10.2 Å². The number of nitrogens with zero attached hydrogens (tertiary/aromatic N) is 2. The number of ether oxygens (including phenoxy) is 4. The van der Waals surface area contributed by atoms with Crippen LogP contribution < -0.4 is 14.8 Å². The van der Waals surface area contributed by atoms with E-state index in [0.29, 0.717) is 50.5 Å². The second kappa shape index (κ2) is 35.8. The molecule has 0 unspecified atom stereocenters. The van der Waals surface area contributed by atoms with E-state index >= 15 is 0 Å². The highest BCUT2D eigenvalue weighted by molar-refractivity contribution is 6.03. The van der Waals surface area contributed by atoms with E-state index in [1.165, 1.54) is 89.9 Å². The van der Waals surface area contributed by atoms with Crippen LogP contribution in [0, 0.1) is 17.8 Å². The van der Waals surface area contributed by atoms with Crippen molar-refractivity contribution >= 4 is 17.9 Å². The minimum Gasteiger partial charge on any atom is -0.459 e. The topological polar surface area (TPSA) is 148 Å². The van der Waals surface area contributed by atoms with Gasteiger partial charge in [-0.3, -0.25) is 4.90 Å². The van der Waals surface area contributed by atoms with Crippen LogP contribution in [0.3, 0.4) is 0 Å². The second-order valence-corrected chi connectivity index (χ2v) is 21.5. The number of fused-ring (bicyclic) bond motifs is 2. The molecule has 1 fully saturated rings. The number of hydrogen-bond donors (Lipinski definition) is 3. The standard InChI is InChI=1S/C63H99N3O9/c1-5-9-11-13-15-17-19-21-23-30-40-64-61(69)74-52-38-39-57-55(47-52)59-53(37-29-32-43-68)51(36-28-31-42-67)46-54-56(65-73-49-50-34-26-25-27-35-50)48-58(63(75-57,60(54)59)72-44-8-4)66(41-7-3)62(70)71-45-33-24-22-20-18-16-14-12-10-6-2/h8,25-27,34-35,38-39,46-47,51,53,58-60,67-68H,4-7,9-24,28-33,36-37,40-45,48-49H2,1-3H3,(H,64,69)/t51-,53+,58-,59+,60+,63+/m0/s1. The Labute approximate surface area is 452 Å². The summed E-state index contributed by atoms with van der Waals surface area (Å²) in [5, 5.41) is 28.1. The Morgan fingerprint density at radius 1 is 0.773 bits per heavy atom. The fraction of sp³-hybridized carbons (Fsp3) is 0.698. The summed E-state index contributed by atoms with van der Waals surface area (Å²) in [6.45, 7) is 12.5. The van der Waals surface area contributed by atoms with Gasteiger partial charge >= 0.3 is 12.2 Å². The van der Waals surface area contributed by atoms with Gasteiger partial charge in [-0.15, -0.1) is 6.58 Å². The Kier molecular flexibility index (Phi) is 29.4. The van der Waals surface area contributed by atoms with Crippen molar-refractivity contribution in [2.24, 2.45) is 22.9 Å². The van der Waals surface area contributed by atoms with Crippen LogP contribution in [-0.2, 0) is 20.9 Å². The third kappa shape index (κ3) is 19.5. The van der Waals surface area contributed by atoms with Crippen molar-refractivity contribution in [3.63, 3.8) is 0 Å². The fourth-order valence-electron chi connectivity index (χ4n) is 11.9. The highest BCUT2D eigenvalue weighted by Crippen LogP contribution is 2.62. The Bertz CT molecular complexity index is 1980. The molecule has 75 heavy (non-hydrogen) atoms. The van der Waals surface area contributed by atoms with Gasteiger partial charge in [-0.1, -0.05) is 197 Å². The lowest BCUT2D eigenvalue weighted by Crippen LogP contribution is -2.70. The van der Waals surface area contributed by atoms with Gasteiger partial charge in [0.15, 0.2) is 0 Å². The fourth-order valence-corrected chi connectivity index (χ4v) is 11.9. The second-order valence-electron chi connectivity index (χ2n) is 21.5. The van der Waals surface area contributed by atoms with E-state index < -0.39 is 29.9 Å². The summed E-state index contributed by atoms with van der Waals surface area (Å²) in [6.07, 6.45) is 32.7. The van der Waals surface area contributed by atoms with Gasteiger partial charge in [0.1, 0.15) is 24.1 Å². The number of aliphatic hydroxyl groups excluding tert-OH is 2. The molecule has 5 rings (SSSR count). The van der Waals surface area contributed by atoms with Crippen LogP contribution in [0.25, 0.3) is 0 Å². The number of unbranched alkanes of at least 4 members (excludes halogenated alkanes) is 20. The first-order valence-electron chi connectivity index (χ1n) is 30.0. The molecule has 3 aliphatic rings. The van der Waals surface area contributed by atoms with Crippen molar-refractivity contribution in [3.05, 3.63) is 84.0 Å². The largest absolute Gasteiger partial charge is 0.459 e. The summed E-state index contributed by atoms with van der Waals surface area (Å²) in [7, 11) is 0. The first kappa shape index (κ1) is 61.5. The van der Waals surface area contributed by atoms with Crippen LogP contribution in [-0.4, -0.2) is 84.4 Å². The molecular formula is C63H99N3O9. The number of aliphatic hydroxyl groups is 2. The molecule has 1 aliphatic heterocycles. The molecule has 2 aromatic rings. The maximum Gasteiger partial charge on any atom is 0.412 e. The zero-order valence-electron chi connectivity index (χ0n) is 46.8. The van der Waals surface area contributed by atoms with Crippen LogP contribution in [0.1, 0.15) is 218 Å². The number of rotatable bonds is 40. The highest BCUT2D eigenvalue weighted by atomic mass is 16.7. The van der Waals surface area contributed by atoms with Crippen molar-refractivity contribution in [3.8, 4) is 11.5 Å². The number of allylic oxidation sites excluding steroid dienone is 1. The van der Waals surface area contributed by atoms with E-state index in [4.69, 9.17) is 28.9 Å². The van der Waals surface area contributed by atoms with Crippen molar-refractivity contribution < 1.29 is 43.6 Å². The molecule has 2 aromatic carbocycles. The molecule has 0 bridgehead atoms. The molecule has 2 amide bonds. The minimum atomic E-state index is -1.42. The van der Waals surface area contributed by atoms with Crippen molar-refractivity contribution in [2.75, 3.05) is 39.5 Å².